The topological polar surface area (TPSA) is 86.8 Å². The van der Waals surface area contributed by atoms with Crippen LogP contribution in [0.4, 0.5) is 10.1 Å². The van der Waals surface area contributed by atoms with Gasteiger partial charge in [0, 0.05) is 18.8 Å². The van der Waals surface area contributed by atoms with E-state index in [1.54, 1.807) is 31.2 Å². The number of amides is 2. The Hall–Kier alpha value is -2.78. The van der Waals surface area contributed by atoms with E-state index in [9.17, 15) is 22.4 Å². The Morgan fingerprint density at radius 3 is 2.42 bits per heavy atom. The summed E-state index contributed by atoms with van der Waals surface area (Å²) in [5.74, 6) is -1.37. The van der Waals surface area contributed by atoms with Gasteiger partial charge in [-0.3, -0.25) is 14.5 Å². The largest absolute Gasteiger partial charge is 0.350 e. The third-order valence-electron chi connectivity index (χ3n) is 5.68. The predicted octanol–water partition coefficient (Wildman–Crippen LogP) is 2.13. The molecule has 166 valence electrons. The van der Waals surface area contributed by atoms with E-state index >= 15 is 0 Å². The van der Waals surface area contributed by atoms with Crippen LogP contribution >= 0.6 is 0 Å². The first kappa shape index (κ1) is 22.9. The number of halogens is 1. The molecular weight excluding hydrogens is 421 g/mol. The number of aryl methyl sites for hydroxylation is 1. The first-order valence-corrected chi connectivity index (χ1v) is 11.7. The summed E-state index contributed by atoms with van der Waals surface area (Å²) in [4.78, 5) is 27.9. The molecule has 0 aliphatic carbocycles. The number of rotatable bonds is 5. The van der Waals surface area contributed by atoms with Gasteiger partial charge in [0.1, 0.15) is 11.4 Å². The lowest BCUT2D eigenvalue weighted by Crippen LogP contribution is -2.70. The van der Waals surface area contributed by atoms with Gasteiger partial charge in [-0.05, 0) is 55.7 Å². The SMILES string of the molecule is Cc1cccc(N2C(=O)CN(S(C)(=O)=O)C[C@]2(C)C(=O)NCc2ccc(F)cc2)c1C. The second-order valence-corrected chi connectivity index (χ2v) is 10.0. The van der Waals surface area contributed by atoms with Crippen LogP contribution in [0.25, 0.3) is 0 Å². The van der Waals surface area contributed by atoms with Gasteiger partial charge >= 0.3 is 0 Å². The fraction of sp³-hybridized carbons (Fsp3) is 0.364. The van der Waals surface area contributed by atoms with Crippen molar-refractivity contribution in [3.8, 4) is 0 Å². The van der Waals surface area contributed by atoms with Crippen LogP contribution in [0.5, 0.6) is 0 Å². The van der Waals surface area contributed by atoms with Gasteiger partial charge in [-0.2, -0.15) is 4.31 Å². The Bertz CT molecular complexity index is 1120. The molecule has 2 aromatic rings. The molecule has 2 aromatic carbocycles. The summed E-state index contributed by atoms with van der Waals surface area (Å²) in [5.41, 5.74) is 1.55. The Morgan fingerprint density at radius 2 is 1.81 bits per heavy atom. The maximum absolute atomic E-state index is 13.4. The molecule has 1 fully saturated rings. The smallest absolute Gasteiger partial charge is 0.247 e. The molecule has 2 amide bonds. The molecule has 1 saturated heterocycles. The van der Waals surface area contributed by atoms with Gasteiger partial charge in [0.05, 0.1) is 12.8 Å². The molecule has 31 heavy (non-hydrogen) atoms. The number of benzene rings is 2. The highest BCUT2D eigenvalue weighted by molar-refractivity contribution is 7.88. The van der Waals surface area contributed by atoms with Crippen molar-refractivity contribution in [3.05, 3.63) is 65.0 Å². The number of carbonyl (C=O) groups excluding carboxylic acids is 2. The summed E-state index contributed by atoms with van der Waals surface area (Å²) in [7, 11) is -3.69. The van der Waals surface area contributed by atoms with E-state index in [4.69, 9.17) is 0 Å². The number of piperazine rings is 1. The minimum atomic E-state index is -3.69. The zero-order chi connectivity index (χ0) is 23.0. The number of hydrogen-bond acceptors (Lipinski definition) is 4. The highest BCUT2D eigenvalue weighted by Gasteiger charge is 2.50. The van der Waals surface area contributed by atoms with E-state index in [0.717, 1.165) is 21.7 Å². The summed E-state index contributed by atoms with van der Waals surface area (Å²) in [5, 5.41) is 2.78. The molecule has 9 heteroatoms. The Morgan fingerprint density at radius 1 is 1.16 bits per heavy atom. The lowest BCUT2D eigenvalue weighted by Gasteiger charge is -2.47. The number of hydrogen-bond donors (Lipinski definition) is 1. The molecule has 7 nitrogen and oxygen atoms in total. The highest BCUT2D eigenvalue weighted by atomic mass is 32.2. The quantitative estimate of drug-likeness (QED) is 0.761. The van der Waals surface area contributed by atoms with Crippen LogP contribution in [0.1, 0.15) is 23.6 Å². The molecule has 0 unspecified atom stereocenters. The maximum atomic E-state index is 13.4. The number of anilines is 1. The van der Waals surface area contributed by atoms with Gasteiger partial charge in [0.15, 0.2) is 0 Å². The van der Waals surface area contributed by atoms with E-state index in [1.807, 2.05) is 19.9 Å². The second kappa shape index (κ2) is 8.39. The van der Waals surface area contributed by atoms with Crippen molar-refractivity contribution in [1.29, 1.82) is 0 Å². The van der Waals surface area contributed by atoms with Crippen molar-refractivity contribution in [2.75, 3.05) is 24.2 Å². The molecule has 0 radical (unpaired) electrons. The minimum Gasteiger partial charge on any atom is -0.350 e. The molecule has 3 rings (SSSR count). The average Bonchev–Trinajstić information content (AvgIpc) is 2.69. The van der Waals surface area contributed by atoms with Crippen molar-refractivity contribution < 1.29 is 22.4 Å². The third kappa shape index (κ3) is 4.62. The van der Waals surface area contributed by atoms with Crippen molar-refractivity contribution in [1.82, 2.24) is 9.62 Å². The van der Waals surface area contributed by atoms with Crippen LogP contribution in [0, 0.1) is 19.7 Å². The molecule has 1 N–H and O–H groups in total. The number of carbonyl (C=O) groups is 2. The fourth-order valence-electron chi connectivity index (χ4n) is 3.73. The van der Waals surface area contributed by atoms with Crippen molar-refractivity contribution in [2.45, 2.75) is 32.9 Å². The van der Waals surface area contributed by atoms with Crippen LogP contribution in [-0.2, 0) is 26.2 Å². The summed E-state index contributed by atoms with van der Waals surface area (Å²) < 4.78 is 38.6. The van der Waals surface area contributed by atoms with Crippen LogP contribution in [-0.4, -0.2) is 49.4 Å². The zero-order valence-corrected chi connectivity index (χ0v) is 18.8. The van der Waals surface area contributed by atoms with Crippen LogP contribution < -0.4 is 10.2 Å². The van der Waals surface area contributed by atoms with Crippen LogP contribution in [0.15, 0.2) is 42.5 Å². The highest BCUT2D eigenvalue weighted by Crippen LogP contribution is 2.33. The van der Waals surface area contributed by atoms with Crippen LogP contribution in [0.2, 0.25) is 0 Å². The third-order valence-corrected chi connectivity index (χ3v) is 6.88. The first-order valence-electron chi connectivity index (χ1n) is 9.80. The van der Waals surface area contributed by atoms with E-state index < -0.39 is 27.4 Å². The van der Waals surface area contributed by atoms with Gasteiger partial charge < -0.3 is 5.32 Å². The van der Waals surface area contributed by atoms with E-state index in [-0.39, 0.29) is 25.5 Å². The van der Waals surface area contributed by atoms with E-state index in [2.05, 4.69) is 5.32 Å². The predicted molar refractivity (Wildman–Crippen MR) is 116 cm³/mol. The van der Waals surface area contributed by atoms with Gasteiger partial charge in [-0.25, -0.2) is 12.8 Å². The summed E-state index contributed by atoms with van der Waals surface area (Å²) in [6.07, 6.45) is 1.02. The average molecular weight is 448 g/mol. The molecule has 0 saturated carbocycles. The van der Waals surface area contributed by atoms with Crippen molar-refractivity contribution in [3.63, 3.8) is 0 Å². The maximum Gasteiger partial charge on any atom is 0.247 e. The Kier molecular flexibility index (Phi) is 6.20. The fourth-order valence-corrected chi connectivity index (χ4v) is 4.56. The van der Waals surface area contributed by atoms with Crippen molar-refractivity contribution in [2.24, 2.45) is 0 Å². The number of sulfonamides is 1. The molecule has 1 heterocycles. The van der Waals surface area contributed by atoms with Gasteiger partial charge in [0.2, 0.25) is 21.8 Å². The lowest BCUT2D eigenvalue weighted by atomic mass is 9.93. The summed E-state index contributed by atoms with van der Waals surface area (Å²) >= 11 is 0. The monoisotopic (exact) mass is 447 g/mol. The van der Waals surface area contributed by atoms with Gasteiger partial charge in [-0.15, -0.1) is 0 Å². The van der Waals surface area contributed by atoms with E-state index in [1.165, 1.54) is 17.0 Å². The molecule has 1 aliphatic rings. The Balaban J connectivity index is 1.99. The summed E-state index contributed by atoms with van der Waals surface area (Å²) in [6.45, 7) is 4.92. The lowest BCUT2D eigenvalue weighted by molar-refractivity contribution is -0.133. The molecule has 1 atom stereocenters. The number of nitrogens with zero attached hydrogens (tertiary/aromatic N) is 2. The van der Waals surface area contributed by atoms with E-state index in [0.29, 0.717) is 11.3 Å². The zero-order valence-electron chi connectivity index (χ0n) is 18.0. The normalized spacial score (nSPS) is 20.0. The van der Waals surface area contributed by atoms with Gasteiger partial charge in [-0.1, -0.05) is 24.3 Å². The molecule has 0 spiro atoms. The molecule has 0 bridgehead atoms. The van der Waals surface area contributed by atoms with Crippen molar-refractivity contribution >= 4 is 27.5 Å². The molecule has 0 aromatic heterocycles. The standard InChI is InChI=1S/C22H26FN3O4S/c1-15-6-5-7-19(16(15)2)26-20(27)13-25(31(4,29)30)14-22(26,3)21(28)24-12-17-8-10-18(23)11-9-17/h5-11H,12-14H2,1-4H3,(H,24,28)/t22-/m1/s1. The second-order valence-electron chi connectivity index (χ2n) is 8.06. The number of nitrogens with one attached hydrogen (secondary N) is 1. The summed E-state index contributed by atoms with van der Waals surface area (Å²) in [6, 6.07) is 11.1. The first-order chi connectivity index (χ1) is 14.4. The minimum absolute atomic E-state index is 0.114. The Labute approximate surface area is 181 Å². The van der Waals surface area contributed by atoms with Crippen LogP contribution in [0.3, 0.4) is 0 Å². The van der Waals surface area contributed by atoms with Gasteiger partial charge in [0.25, 0.3) is 0 Å². The molecular formula is C22H26FN3O4S. The molecule has 1 aliphatic heterocycles.